The smallest absolute Gasteiger partial charge is 0.220 e. The van der Waals surface area contributed by atoms with E-state index >= 15 is 0 Å². The number of aliphatic hydroxyl groups is 5. The fourth-order valence-electron chi connectivity index (χ4n) is 8.50. The van der Waals surface area contributed by atoms with Crippen LogP contribution in [0.5, 0.6) is 0 Å². The first-order chi connectivity index (χ1) is 32.3. The molecule has 0 aromatic heterocycles. The van der Waals surface area contributed by atoms with Crippen LogP contribution in [0.25, 0.3) is 0 Å². The molecule has 384 valence electrons. The van der Waals surface area contributed by atoms with Crippen molar-refractivity contribution < 1.29 is 39.8 Å². The quantitative estimate of drug-likeness (QED) is 0.0261. The Balaban J connectivity index is 2.03. The molecule has 1 saturated heterocycles. The third kappa shape index (κ3) is 36.0. The minimum absolute atomic E-state index is 0.179. The van der Waals surface area contributed by atoms with Crippen molar-refractivity contribution in [3.05, 3.63) is 60.8 Å². The topological polar surface area (TPSA) is 149 Å². The summed E-state index contributed by atoms with van der Waals surface area (Å²) in [5.74, 6) is -0.179. The standard InChI is InChI=1S/C57H103NO8/c1-3-5-7-9-11-13-14-15-16-17-18-19-20-21-22-23-24-25-26-27-28-29-30-31-32-33-34-35-36-37-38-39-41-43-45-47-53(61)58-50(51(60)46-44-42-40-12-10-8-6-4-2)49-65-57-56(64)55(63)54(62)52(48-59)66-57/h5,7,11,13,15-16,18-19,44,46,50-52,54-57,59-60,62-64H,3-4,6,8-10,12,14,17,20-43,45,47-49H2,1-2H3,(H,58,61)/b7-5-,13-11-,16-15-,19-18-,46-44+. The van der Waals surface area contributed by atoms with Gasteiger partial charge < -0.3 is 40.3 Å². The summed E-state index contributed by atoms with van der Waals surface area (Å²) >= 11 is 0. The summed E-state index contributed by atoms with van der Waals surface area (Å²) in [4.78, 5) is 13.0. The molecular weight excluding hydrogens is 827 g/mol. The van der Waals surface area contributed by atoms with Crippen molar-refractivity contribution in [3.8, 4) is 0 Å². The number of carbonyl (C=O) groups excluding carboxylic acids is 1. The first kappa shape index (κ1) is 61.9. The summed E-state index contributed by atoms with van der Waals surface area (Å²) in [7, 11) is 0. The van der Waals surface area contributed by atoms with Crippen LogP contribution >= 0.6 is 0 Å². The lowest BCUT2D eigenvalue weighted by Crippen LogP contribution is -2.60. The minimum Gasteiger partial charge on any atom is -0.394 e. The van der Waals surface area contributed by atoms with Crippen molar-refractivity contribution in [1.82, 2.24) is 5.32 Å². The highest BCUT2D eigenvalue weighted by molar-refractivity contribution is 5.76. The zero-order chi connectivity index (χ0) is 48.0. The highest BCUT2D eigenvalue weighted by atomic mass is 16.7. The first-order valence-electron chi connectivity index (χ1n) is 27.5. The molecule has 0 spiro atoms. The third-order valence-corrected chi connectivity index (χ3v) is 12.8. The Hall–Kier alpha value is -2.11. The fraction of sp³-hybridized carbons (Fsp3) is 0.807. The third-order valence-electron chi connectivity index (χ3n) is 12.8. The first-order valence-corrected chi connectivity index (χ1v) is 27.5. The van der Waals surface area contributed by atoms with E-state index in [2.05, 4.69) is 67.8 Å². The van der Waals surface area contributed by atoms with E-state index in [4.69, 9.17) is 9.47 Å². The molecule has 1 fully saturated rings. The number of hydrogen-bond acceptors (Lipinski definition) is 8. The van der Waals surface area contributed by atoms with Crippen LogP contribution in [0.4, 0.5) is 0 Å². The summed E-state index contributed by atoms with van der Waals surface area (Å²) < 4.78 is 11.2. The lowest BCUT2D eigenvalue weighted by Gasteiger charge is -2.40. The molecule has 0 aromatic rings. The van der Waals surface area contributed by atoms with Gasteiger partial charge in [-0.1, -0.05) is 235 Å². The normalized spacial score (nSPS) is 20.3. The number of nitrogens with one attached hydrogen (secondary N) is 1. The molecule has 0 saturated carbocycles. The Kier molecular flexibility index (Phi) is 43.7. The maximum Gasteiger partial charge on any atom is 0.220 e. The minimum atomic E-state index is -1.56. The Labute approximate surface area is 405 Å². The van der Waals surface area contributed by atoms with Crippen molar-refractivity contribution in [2.45, 2.75) is 281 Å². The predicted molar refractivity (Wildman–Crippen MR) is 276 cm³/mol. The van der Waals surface area contributed by atoms with Crippen molar-refractivity contribution in [3.63, 3.8) is 0 Å². The monoisotopic (exact) mass is 930 g/mol. The van der Waals surface area contributed by atoms with E-state index in [9.17, 15) is 30.3 Å². The molecule has 7 atom stereocenters. The van der Waals surface area contributed by atoms with E-state index in [1.165, 1.54) is 154 Å². The van der Waals surface area contributed by atoms with E-state index in [-0.39, 0.29) is 12.5 Å². The van der Waals surface area contributed by atoms with E-state index in [0.717, 1.165) is 64.2 Å². The van der Waals surface area contributed by atoms with Gasteiger partial charge in [0.25, 0.3) is 0 Å². The molecule has 0 aromatic carbocycles. The number of ether oxygens (including phenoxy) is 2. The predicted octanol–water partition coefficient (Wildman–Crippen LogP) is 13.1. The van der Waals surface area contributed by atoms with Crippen LogP contribution in [-0.2, 0) is 14.3 Å². The average Bonchev–Trinajstić information content (AvgIpc) is 3.32. The molecule has 0 radical (unpaired) electrons. The van der Waals surface area contributed by atoms with Gasteiger partial charge in [-0.3, -0.25) is 4.79 Å². The van der Waals surface area contributed by atoms with Crippen LogP contribution in [0.1, 0.15) is 239 Å². The fourth-order valence-corrected chi connectivity index (χ4v) is 8.50. The molecule has 7 unspecified atom stereocenters. The van der Waals surface area contributed by atoms with Gasteiger partial charge in [0.2, 0.25) is 5.91 Å². The van der Waals surface area contributed by atoms with Gasteiger partial charge in [0, 0.05) is 6.42 Å². The van der Waals surface area contributed by atoms with Crippen molar-refractivity contribution in [2.24, 2.45) is 0 Å². The summed E-state index contributed by atoms with van der Waals surface area (Å²) in [5.41, 5.74) is 0. The number of amides is 1. The lowest BCUT2D eigenvalue weighted by atomic mass is 9.99. The Bertz CT molecular complexity index is 1220. The number of rotatable bonds is 46. The Morgan fingerprint density at radius 2 is 0.939 bits per heavy atom. The molecule has 1 aliphatic rings. The summed E-state index contributed by atoms with van der Waals surface area (Å²) in [6.45, 7) is 3.62. The average molecular weight is 930 g/mol. The second kappa shape index (κ2) is 46.6. The van der Waals surface area contributed by atoms with Gasteiger partial charge in [-0.25, -0.2) is 0 Å². The second-order valence-electron chi connectivity index (χ2n) is 19.0. The van der Waals surface area contributed by atoms with E-state index in [1.807, 2.05) is 6.08 Å². The van der Waals surface area contributed by atoms with Gasteiger partial charge in [0.15, 0.2) is 6.29 Å². The highest BCUT2D eigenvalue weighted by Gasteiger charge is 2.44. The summed E-state index contributed by atoms with van der Waals surface area (Å²) in [5, 5.41) is 54.1. The van der Waals surface area contributed by atoms with Crippen molar-refractivity contribution >= 4 is 5.91 Å². The van der Waals surface area contributed by atoms with Gasteiger partial charge in [0.05, 0.1) is 25.4 Å². The molecule has 9 heteroatoms. The Morgan fingerprint density at radius 3 is 1.39 bits per heavy atom. The van der Waals surface area contributed by atoms with E-state index in [0.29, 0.717) is 6.42 Å². The van der Waals surface area contributed by atoms with Crippen LogP contribution in [0.2, 0.25) is 0 Å². The van der Waals surface area contributed by atoms with Crippen LogP contribution in [0, 0.1) is 0 Å². The molecule has 1 heterocycles. The van der Waals surface area contributed by atoms with Crippen molar-refractivity contribution in [1.29, 1.82) is 0 Å². The van der Waals surface area contributed by atoms with Crippen molar-refractivity contribution in [2.75, 3.05) is 13.2 Å². The molecular formula is C57H103NO8. The Morgan fingerprint density at radius 1 is 0.530 bits per heavy atom. The van der Waals surface area contributed by atoms with E-state index < -0.39 is 49.5 Å². The highest BCUT2D eigenvalue weighted by Crippen LogP contribution is 2.23. The van der Waals surface area contributed by atoms with Crippen LogP contribution in [-0.4, -0.2) is 87.5 Å². The molecule has 0 bridgehead atoms. The SMILES string of the molecule is CC/C=C\C/C=C\C/C=C\C/C=C\CCCCCCCCCCCCCCCCCCCCCCCCC(=O)NC(COC1OC(CO)C(O)C(O)C1O)C(O)/C=C/CCCCCCCC. The molecule has 1 amide bonds. The lowest BCUT2D eigenvalue weighted by molar-refractivity contribution is -0.302. The summed E-state index contributed by atoms with van der Waals surface area (Å²) in [6, 6.07) is -0.801. The van der Waals surface area contributed by atoms with Crippen LogP contribution < -0.4 is 5.32 Å². The molecule has 6 N–H and O–H groups in total. The maximum absolute atomic E-state index is 13.0. The number of allylic oxidation sites excluding steroid dienone is 9. The molecule has 1 rings (SSSR count). The van der Waals surface area contributed by atoms with Gasteiger partial charge in [-0.05, 0) is 57.8 Å². The number of aliphatic hydroxyl groups excluding tert-OH is 5. The van der Waals surface area contributed by atoms with Gasteiger partial charge in [-0.15, -0.1) is 0 Å². The molecule has 9 nitrogen and oxygen atoms in total. The van der Waals surface area contributed by atoms with Gasteiger partial charge in [0.1, 0.15) is 24.4 Å². The molecule has 1 aliphatic heterocycles. The van der Waals surface area contributed by atoms with Crippen LogP contribution in [0.15, 0.2) is 60.8 Å². The number of unbranched alkanes of at least 4 members (excludes halogenated alkanes) is 28. The maximum atomic E-state index is 13.0. The largest absolute Gasteiger partial charge is 0.394 e. The zero-order valence-electron chi connectivity index (χ0n) is 42.4. The van der Waals surface area contributed by atoms with E-state index in [1.54, 1.807) is 6.08 Å². The number of hydrogen-bond donors (Lipinski definition) is 6. The number of carbonyl (C=O) groups is 1. The van der Waals surface area contributed by atoms with Gasteiger partial charge >= 0.3 is 0 Å². The van der Waals surface area contributed by atoms with Crippen LogP contribution in [0.3, 0.4) is 0 Å². The second-order valence-corrected chi connectivity index (χ2v) is 19.0. The summed E-state index contributed by atoms with van der Waals surface area (Å²) in [6.07, 6.45) is 56.1. The van der Waals surface area contributed by atoms with Gasteiger partial charge in [-0.2, -0.15) is 0 Å². The molecule has 0 aliphatic carbocycles. The zero-order valence-corrected chi connectivity index (χ0v) is 42.4. The molecule has 66 heavy (non-hydrogen) atoms.